The Bertz CT molecular complexity index is 764. The first-order chi connectivity index (χ1) is 11.4. The van der Waals surface area contributed by atoms with Crippen molar-refractivity contribution in [1.82, 2.24) is 5.32 Å². The van der Waals surface area contributed by atoms with Crippen LogP contribution in [0.25, 0.3) is 0 Å². The van der Waals surface area contributed by atoms with Crippen LogP contribution < -0.4 is 10.6 Å². The van der Waals surface area contributed by atoms with Crippen molar-refractivity contribution in [3.05, 3.63) is 63.6 Å². The summed E-state index contributed by atoms with van der Waals surface area (Å²) in [6.07, 6.45) is 1.01. The lowest BCUT2D eigenvalue weighted by atomic mass is 9.97. The fraction of sp³-hybridized carbons (Fsp3) is 0.222. The Kier molecular flexibility index (Phi) is 6.60. The molecule has 0 aromatic heterocycles. The number of rotatable bonds is 4. The molecule has 1 atom stereocenters. The third-order valence-corrected chi connectivity index (χ3v) is 4.51. The minimum Gasteiger partial charge on any atom is -0.332 e. The third-order valence-electron chi connectivity index (χ3n) is 3.76. The van der Waals surface area contributed by atoms with Gasteiger partial charge in [-0.15, -0.1) is 0 Å². The van der Waals surface area contributed by atoms with Crippen molar-refractivity contribution in [3.63, 3.8) is 0 Å². The molecule has 2 aromatic carbocycles. The van der Waals surface area contributed by atoms with E-state index in [2.05, 4.69) is 30.5 Å². The standard InChI is InChI=1S/C18H18Cl2N2OS/c1-3-11(2)13-6-4-5-7-16(13)21-18(24)22-17(23)14-9-8-12(19)10-15(14)20/h4-11H,3H2,1-2H3,(H2,21,22,23,24)/t11-/m1/s1. The second-order valence-corrected chi connectivity index (χ2v) is 6.68. The molecule has 0 aliphatic rings. The Morgan fingerprint density at radius 2 is 1.92 bits per heavy atom. The summed E-state index contributed by atoms with van der Waals surface area (Å²) >= 11 is 17.1. The molecule has 24 heavy (non-hydrogen) atoms. The molecule has 1 amide bonds. The number of thiocarbonyl (C=S) groups is 1. The predicted octanol–water partition coefficient (Wildman–Crippen LogP) is 5.63. The largest absolute Gasteiger partial charge is 0.332 e. The second-order valence-electron chi connectivity index (χ2n) is 5.43. The summed E-state index contributed by atoms with van der Waals surface area (Å²) < 4.78 is 0. The van der Waals surface area contributed by atoms with E-state index in [1.165, 1.54) is 6.07 Å². The molecule has 0 unspecified atom stereocenters. The molecule has 0 bridgehead atoms. The molecule has 2 rings (SSSR count). The van der Waals surface area contributed by atoms with E-state index in [0.717, 1.165) is 17.7 Å². The van der Waals surface area contributed by atoms with Gasteiger partial charge in [-0.3, -0.25) is 10.1 Å². The number of benzene rings is 2. The lowest BCUT2D eigenvalue weighted by Gasteiger charge is -2.17. The number of para-hydroxylation sites is 1. The minimum atomic E-state index is -0.379. The first-order valence-electron chi connectivity index (χ1n) is 7.58. The highest BCUT2D eigenvalue weighted by Crippen LogP contribution is 2.26. The second kappa shape index (κ2) is 8.47. The summed E-state index contributed by atoms with van der Waals surface area (Å²) in [5.41, 5.74) is 2.36. The molecular weight excluding hydrogens is 363 g/mol. The van der Waals surface area contributed by atoms with Crippen molar-refractivity contribution in [3.8, 4) is 0 Å². The molecule has 3 nitrogen and oxygen atoms in total. The molecule has 0 spiro atoms. The Hall–Kier alpha value is -1.62. The first kappa shape index (κ1) is 18.7. The van der Waals surface area contributed by atoms with Crippen LogP contribution >= 0.6 is 35.4 Å². The van der Waals surface area contributed by atoms with Crippen LogP contribution in [-0.2, 0) is 0 Å². The average molecular weight is 381 g/mol. The molecule has 0 saturated heterocycles. The third kappa shape index (κ3) is 4.69. The maximum atomic E-state index is 12.3. The van der Waals surface area contributed by atoms with Gasteiger partial charge in [0, 0.05) is 10.7 Å². The van der Waals surface area contributed by atoms with Crippen LogP contribution in [-0.4, -0.2) is 11.0 Å². The highest BCUT2D eigenvalue weighted by Gasteiger charge is 2.14. The van der Waals surface area contributed by atoms with E-state index in [1.807, 2.05) is 18.2 Å². The number of carbonyl (C=O) groups excluding carboxylic acids is 1. The Morgan fingerprint density at radius 1 is 1.21 bits per heavy atom. The van der Waals surface area contributed by atoms with E-state index in [0.29, 0.717) is 16.5 Å². The van der Waals surface area contributed by atoms with E-state index in [9.17, 15) is 4.79 Å². The molecule has 2 N–H and O–H groups in total. The Labute approximate surface area is 157 Å². The van der Waals surface area contributed by atoms with Crippen molar-refractivity contribution in [2.45, 2.75) is 26.2 Å². The fourth-order valence-corrected chi connectivity index (χ4v) is 2.96. The van der Waals surface area contributed by atoms with Gasteiger partial charge in [0.25, 0.3) is 5.91 Å². The molecule has 0 radical (unpaired) electrons. The zero-order valence-corrected chi connectivity index (χ0v) is 15.7. The summed E-state index contributed by atoms with van der Waals surface area (Å²) in [4.78, 5) is 12.3. The summed E-state index contributed by atoms with van der Waals surface area (Å²) in [6, 6.07) is 12.6. The van der Waals surface area contributed by atoms with Crippen molar-refractivity contribution < 1.29 is 4.79 Å². The normalized spacial score (nSPS) is 11.7. The van der Waals surface area contributed by atoms with Crippen molar-refractivity contribution in [1.29, 1.82) is 0 Å². The maximum absolute atomic E-state index is 12.3. The molecular formula is C18H18Cl2N2OS. The van der Waals surface area contributed by atoms with Gasteiger partial charge in [-0.1, -0.05) is 55.2 Å². The summed E-state index contributed by atoms with van der Waals surface area (Å²) in [7, 11) is 0. The van der Waals surface area contributed by atoms with Crippen molar-refractivity contribution in [2.24, 2.45) is 0 Å². The van der Waals surface area contributed by atoms with Gasteiger partial charge in [-0.05, 0) is 54.4 Å². The van der Waals surface area contributed by atoms with Gasteiger partial charge in [0.05, 0.1) is 10.6 Å². The number of hydrogen-bond donors (Lipinski definition) is 2. The smallest absolute Gasteiger partial charge is 0.258 e. The molecule has 0 fully saturated rings. The number of hydrogen-bond acceptors (Lipinski definition) is 2. The van der Waals surface area contributed by atoms with Gasteiger partial charge in [-0.2, -0.15) is 0 Å². The molecule has 6 heteroatoms. The Balaban J connectivity index is 2.10. The van der Waals surface area contributed by atoms with Gasteiger partial charge in [0.2, 0.25) is 0 Å². The summed E-state index contributed by atoms with van der Waals surface area (Å²) in [6.45, 7) is 4.28. The lowest BCUT2D eigenvalue weighted by Crippen LogP contribution is -2.34. The zero-order chi connectivity index (χ0) is 17.7. The number of amides is 1. The van der Waals surface area contributed by atoms with Gasteiger partial charge >= 0.3 is 0 Å². The van der Waals surface area contributed by atoms with Gasteiger partial charge in [0.15, 0.2) is 5.11 Å². The molecule has 2 aromatic rings. The van der Waals surface area contributed by atoms with Crippen LogP contribution in [0, 0.1) is 0 Å². The number of nitrogens with one attached hydrogen (secondary N) is 2. The first-order valence-corrected chi connectivity index (χ1v) is 8.75. The zero-order valence-electron chi connectivity index (χ0n) is 13.4. The quantitative estimate of drug-likeness (QED) is 0.674. The fourth-order valence-electron chi connectivity index (χ4n) is 2.26. The van der Waals surface area contributed by atoms with E-state index < -0.39 is 0 Å². The maximum Gasteiger partial charge on any atom is 0.258 e. The minimum absolute atomic E-state index is 0.224. The Morgan fingerprint density at radius 3 is 2.58 bits per heavy atom. The van der Waals surface area contributed by atoms with E-state index in [-0.39, 0.29) is 16.0 Å². The van der Waals surface area contributed by atoms with E-state index in [1.54, 1.807) is 12.1 Å². The summed E-state index contributed by atoms with van der Waals surface area (Å²) in [5, 5.41) is 6.71. The van der Waals surface area contributed by atoms with Gasteiger partial charge in [-0.25, -0.2) is 0 Å². The molecule has 0 aliphatic carbocycles. The summed E-state index contributed by atoms with van der Waals surface area (Å²) in [5.74, 6) is 0.00750. The van der Waals surface area contributed by atoms with Gasteiger partial charge in [0.1, 0.15) is 0 Å². The number of halogens is 2. The van der Waals surface area contributed by atoms with E-state index in [4.69, 9.17) is 35.4 Å². The molecule has 0 saturated carbocycles. The molecule has 0 heterocycles. The average Bonchev–Trinajstić information content (AvgIpc) is 2.54. The SMILES string of the molecule is CC[C@@H](C)c1ccccc1NC(=S)NC(=O)c1ccc(Cl)cc1Cl. The molecule has 126 valence electrons. The monoisotopic (exact) mass is 380 g/mol. The highest BCUT2D eigenvalue weighted by molar-refractivity contribution is 7.80. The van der Waals surface area contributed by atoms with Crippen molar-refractivity contribution >= 4 is 52.1 Å². The van der Waals surface area contributed by atoms with Crippen LogP contribution in [0.3, 0.4) is 0 Å². The van der Waals surface area contributed by atoms with Crippen LogP contribution in [0.2, 0.25) is 10.0 Å². The van der Waals surface area contributed by atoms with E-state index >= 15 is 0 Å². The van der Waals surface area contributed by atoms with Gasteiger partial charge < -0.3 is 5.32 Å². The topological polar surface area (TPSA) is 41.1 Å². The van der Waals surface area contributed by atoms with Crippen molar-refractivity contribution in [2.75, 3.05) is 5.32 Å². The highest BCUT2D eigenvalue weighted by atomic mass is 35.5. The van der Waals surface area contributed by atoms with Crippen LogP contribution in [0.15, 0.2) is 42.5 Å². The van der Waals surface area contributed by atoms with Crippen LogP contribution in [0.5, 0.6) is 0 Å². The number of anilines is 1. The molecule has 0 aliphatic heterocycles. The lowest BCUT2D eigenvalue weighted by molar-refractivity contribution is 0.0978. The van der Waals surface area contributed by atoms with Crippen LogP contribution in [0.4, 0.5) is 5.69 Å². The predicted molar refractivity (Wildman–Crippen MR) is 105 cm³/mol. The van der Waals surface area contributed by atoms with Crippen LogP contribution in [0.1, 0.15) is 42.1 Å². The number of carbonyl (C=O) groups is 1.